The monoisotopic (exact) mass is 182 g/mol. The molecule has 2 N–H and O–H groups in total. The van der Waals surface area contributed by atoms with Gasteiger partial charge in [-0.15, -0.1) is 0 Å². The first-order valence-corrected chi connectivity index (χ1v) is 4.50. The van der Waals surface area contributed by atoms with E-state index in [9.17, 15) is 9.90 Å². The lowest BCUT2D eigenvalue weighted by atomic mass is 9.51. The summed E-state index contributed by atoms with van der Waals surface area (Å²) in [6.07, 6.45) is 1.87. The number of carbonyl (C=O) groups excluding carboxylic acids is 1. The van der Waals surface area contributed by atoms with Crippen LogP contribution in [0.5, 0.6) is 0 Å². The fraction of sp³-hybridized carbons (Fsp3) is 0.700. The summed E-state index contributed by atoms with van der Waals surface area (Å²) in [4.78, 5) is 11.5. The van der Waals surface area contributed by atoms with Crippen molar-refractivity contribution in [2.45, 2.75) is 25.9 Å². The van der Waals surface area contributed by atoms with Crippen LogP contribution in [0.3, 0.4) is 0 Å². The van der Waals surface area contributed by atoms with Crippen LogP contribution in [0.1, 0.15) is 20.3 Å². The highest BCUT2D eigenvalue weighted by molar-refractivity contribution is 5.90. The fourth-order valence-corrected chi connectivity index (χ4v) is 2.55. The second-order valence-electron chi connectivity index (χ2n) is 4.61. The number of aliphatic hydroxyl groups excluding tert-OH is 1. The van der Waals surface area contributed by atoms with E-state index >= 15 is 0 Å². The molecule has 3 aliphatic rings. The number of hydrogen-bond acceptors (Lipinski definition) is 3. The molecule has 72 valence electrons. The maximum Gasteiger partial charge on any atom is 0.143 e. The second-order valence-corrected chi connectivity index (χ2v) is 4.61. The van der Waals surface area contributed by atoms with E-state index in [0.717, 1.165) is 5.57 Å². The number of rotatable bonds is 1. The Morgan fingerprint density at radius 1 is 1.62 bits per heavy atom. The smallest absolute Gasteiger partial charge is 0.143 e. The van der Waals surface area contributed by atoms with Gasteiger partial charge in [0, 0.05) is 17.8 Å². The van der Waals surface area contributed by atoms with Crippen LogP contribution in [0.25, 0.3) is 0 Å². The van der Waals surface area contributed by atoms with Gasteiger partial charge in [-0.2, -0.15) is 0 Å². The summed E-state index contributed by atoms with van der Waals surface area (Å²) in [5.41, 5.74) is -0.714. The van der Waals surface area contributed by atoms with Gasteiger partial charge in [-0.05, 0) is 5.57 Å². The van der Waals surface area contributed by atoms with Gasteiger partial charge in [-0.25, -0.2) is 0 Å². The van der Waals surface area contributed by atoms with Crippen molar-refractivity contribution in [1.82, 2.24) is 0 Å². The van der Waals surface area contributed by atoms with Gasteiger partial charge in [0.2, 0.25) is 0 Å². The number of Topliss-reactive ketones (excluding diaryl/α,β-unsaturated/α-hetero) is 1. The lowest BCUT2D eigenvalue weighted by Gasteiger charge is -2.54. The molecule has 3 rings (SSSR count). The van der Waals surface area contributed by atoms with E-state index < -0.39 is 5.60 Å². The normalized spacial score (nSPS) is 41.1. The summed E-state index contributed by atoms with van der Waals surface area (Å²) in [7, 11) is 0. The van der Waals surface area contributed by atoms with Crippen molar-refractivity contribution in [3.63, 3.8) is 0 Å². The molecule has 0 aromatic carbocycles. The van der Waals surface area contributed by atoms with Crippen molar-refractivity contribution >= 4 is 5.78 Å². The van der Waals surface area contributed by atoms with E-state index in [1.54, 1.807) is 6.08 Å². The highest BCUT2D eigenvalue weighted by atomic mass is 16.3. The van der Waals surface area contributed by atoms with Crippen LogP contribution in [0, 0.1) is 11.3 Å². The summed E-state index contributed by atoms with van der Waals surface area (Å²) in [5.74, 6) is -0.00845. The first-order chi connectivity index (χ1) is 5.92. The Morgan fingerprint density at radius 2 is 2.23 bits per heavy atom. The maximum atomic E-state index is 11.5. The fourth-order valence-electron chi connectivity index (χ4n) is 2.55. The lowest BCUT2D eigenvalue weighted by molar-refractivity contribution is -0.139. The molecule has 0 aromatic rings. The van der Waals surface area contributed by atoms with Crippen molar-refractivity contribution in [3.8, 4) is 0 Å². The van der Waals surface area contributed by atoms with E-state index in [-0.39, 0.29) is 30.1 Å². The average molecular weight is 182 g/mol. The molecule has 1 saturated carbocycles. The van der Waals surface area contributed by atoms with Crippen LogP contribution in [0.4, 0.5) is 0 Å². The molecule has 0 spiro atoms. The molecule has 3 aliphatic carbocycles. The predicted molar refractivity (Wildman–Crippen MR) is 47.0 cm³/mol. The van der Waals surface area contributed by atoms with Crippen molar-refractivity contribution in [1.29, 1.82) is 0 Å². The summed E-state index contributed by atoms with van der Waals surface area (Å²) in [6.45, 7) is 3.51. The third-order valence-corrected chi connectivity index (χ3v) is 3.38. The van der Waals surface area contributed by atoms with E-state index in [1.165, 1.54) is 0 Å². The Morgan fingerprint density at radius 3 is 2.62 bits per heavy atom. The predicted octanol–water partition coefficient (Wildman–Crippen LogP) is 0.265. The van der Waals surface area contributed by atoms with Gasteiger partial charge in [0.05, 0.1) is 6.61 Å². The first-order valence-electron chi connectivity index (χ1n) is 4.50. The van der Waals surface area contributed by atoms with Gasteiger partial charge in [0.15, 0.2) is 0 Å². The van der Waals surface area contributed by atoms with Gasteiger partial charge in [-0.1, -0.05) is 19.9 Å². The van der Waals surface area contributed by atoms with Crippen LogP contribution in [0.15, 0.2) is 11.6 Å². The maximum absolute atomic E-state index is 11.5. The second kappa shape index (κ2) is 2.22. The minimum absolute atomic E-state index is 0.0385. The van der Waals surface area contributed by atoms with Crippen LogP contribution in [0.2, 0.25) is 0 Å². The van der Waals surface area contributed by atoms with E-state index in [2.05, 4.69) is 0 Å². The quantitative estimate of drug-likeness (QED) is 0.572. The molecule has 2 atom stereocenters. The molecular weight excluding hydrogens is 168 g/mol. The van der Waals surface area contributed by atoms with Crippen molar-refractivity contribution in [2.75, 3.05) is 6.61 Å². The Hall–Kier alpha value is -0.670. The third kappa shape index (κ3) is 0.888. The Balaban J connectivity index is 2.44. The summed E-state index contributed by atoms with van der Waals surface area (Å²) >= 11 is 0. The molecule has 2 bridgehead atoms. The standard InChI is InChI=1S/C10H14O3/c1-9(2)6-3-8(9)10(13,5-11)4-7(6)12/h3,6,11,13H,4-5H2,1-2H3. The first kappa shape index (κ1) is 8.91. The van der Waals surface area contributed by atoms with Gasteiger partial charge >= 0.3 is 0 Å². The largest absolute Gasteiger partial charge is 0.393 e. The molecule has 0 radical (unpaired) electrons. The number of fused-ring (bicyclic) bond motifs is 2. The molecule has 2 unspecified atom stereocenters. The minimum Gasteiger partial charge on any atom is -0.393 e. The highest BCUT2D eigenvalue weighted by Gasteiger charge is 2.57. The van der Waals surface area contributed by atoms with Crippen LogP contribution in [-0.2, 0) is 4.79 Å². The Bertz CT molecular complexity index is 303. The van der Waals surface area contributed by atoms with Crippen molar-refractivity contribution in [3.05, 3.63) is 11.6 Å². The third-order valence-electron chi connectivity index (χ3n) is 3.38. The number of hydrogen-bond donors (Lipinski definition) is 2. The molecule has 0 aliphatic heterocycles. The average Bonchev–Trinajstić information content (AvgIpc) is 2.02. The number of allylic oxidation sites excluding steroid dienone is 1. The van der Waals surface area contributed by atoms with Gasteiger partial charge < -0.3 is 10.2 Å². The summed E-state index contributed by atoms with van der Waals surface area (Å²) < 4.78 is 0. The molecule has 13 heavy (non-hydrogen) atoms. The van der Waals surface area contributed by atoms with E-state index in [0.29, 0.717) is 0 Å². The Kier molecular flexibility index (Phi) is 1.52. The van der Waals surface area contributed by atoms with Crippen molar-refractivity contribution < 1.29 is 15.0 Å². The molecule has 0 heterocycles. The summed E-state index contributed by atoms with van der Waals surface area (Å²) in [6, 6.07) is 0. The zero-order chi connectivity index (χ0) is 9.85. The number of carbonyl (C=O) groups is 1. The zero-order valence-corrected chi connectivity index (χ0v) is 7.87. The molecule has 1 fully saturated rings. The highest BCUT2D eigenvalue weighted by Crippen LogP contribution is 2.56. The summed E-state index contributed by atoms with van der Waals surface area (Å²) in [5, 5.41) is 19.0. The molecule has 3 nitrogen and oxygen atoms in total. The topological polar surface area (TPSA) is 57.5 Å². The van der Waals surface area contributed by atoms with E-state index in [1.807, 2.05) is 13.8 Å². The van der Waals surface area contributed by atoms with Crippen LogP contribution >= 0.6 is 0 Å². The molecular formula is C10H14O3. The van der Waals surface area contributed by atoms with Crippen LogP contribution < -0.4 is 0 Å². The van der Waals surface area contributed by atoms with Crippen molar-refractivity contribution in [2.24, 2.45) is 11.3 Å². The van der Waals surface area contributed by atoms with Gasteiger partial charge in [-0.3, -0.25) is 4.79 Å². The van der Waals surface area contributed by atoms with E-state index in [4.69, 9.17) is 5.11 Å². The lowest BCUT2D eigenvalue weighted by Crippen LogP contribution is -2.58. The SMILES string of the molecule is CC1(C)C2=CC1C(=O)CC2(O)CO. The number of aliphatic hydroxyl groups is 2. The minimum atomic E-state index is -1.28. The van der Waals surface area contributed by atoms with Crippen LogP contribution in [-0.4, -0.2) is 28.2 Å². The Labute approximate surface area is 77.1 Å². The number of ketones is 1. The van der Waals surface area contributed by atoms with Gasteiger partial charge in [0.1, 0.15) is 11.4 Å². The zero-order valence-electron chi connectivity index (χ0n) is 7.87. The molecule has 0 saturated heterocycles. The molecule has 3 heteroatoms. The molecule has 0 aromatic heterocycles. The molecule has 0 amide bonds. The van der Waals surface area contributed by atoms with Gasteiger partial charge in [0.25, 0.3) is 0 Å².